The lowest BCUT2D eigenvalue weighted by molar-refractivity contribution is 0.193. The standard InChI is InChI=1S/C10H22N2O/c1-5-13-10-9-12(4)8-6-7-11(2)3/h5H,1,6-10H2,2-4H3. The van der Waals surface area contributed by atoms with E-state index in [-0.39, 0.29) is 0 Å². The van der Waals surface area contributed by atoms with E-state index in [4.69, 9.17) is 4.74 Å². The van der Waals surface area contributed by atoms with Crippen LogP contribution < -0.4 is 0 Å². The lowest BCUT2D eigenvalue weighted by atomic mass is 10.4. The van der Waals surface area contributed by atoms with Crippen molar-refractivity contribution < 1.29 is 4.74 Å². The van der Waals surface area contributed by atoms with E-state index in [1.54, 1.807) is 0 Å². The molecule has 0 aliphatic carbocycles. The van der Waals surface area contributed by atoms with Gasteiger partial charge in [-0.25, -0.2) is 0 Å². The number of hydrogen-bond acceptors (Lipinski definition) is 3. The molecule has 0 N–H and O–H groups in total. The molecule has 0 saturated carbocycles. The maximum atomic E-state index is 5.04. The minimum Gasteiger partial charge on any atom is -0.500 e. The normalized spacial score (nSPS) is 10.8. The van der Waals surface area contributed by atoms with E-state index in [9.17, 15) is 0 Å². The summed E-state index contributed by atoms with van der Waals surface area (Å²) in [6, 6.07) is 0. The predicted octanol–water partition coefficient (Wildman–Crippen LogP) is 1.03. The second kappa shape index (κ2) is 8.08. The second-order valence-corrected chi connectivity index (χ2v) is 3.50. The van der Waals surface area contributed by atoms with Crippen molar-refractivity contribution in [1.82, 2.24) is 9.80 Å². The molecule has 0 aromatic carbocycles. The summed E-state index contributed by atoms with van der Waals surface area (Å²) in [5.74, 6) is 0. The molecule has 0 saturated heterocycles. The summed E-state index contributed by atoms with van der Waals surface area (Å²) in [4.78, 5) is 4.47. The predicted molar refractivity (Wildman–Crippen MR) is 56.8 cm³/mol. The third-order valence-electron chi connectivity index (χ3n) is 1.85. The highest BCUT2D eigenvalue weighted by molar-refractivity contribution is 4.55. The topological polar surface area (TPSA) is 15.7 Å². The molecule has 13 heavy (non-hydrogen) atoms. The summed E-state index contributed by atoms with van der Waals surface area (Å²) in [5, 5.41) is 0. The summed E-state index contributed by atoms with van der Waals surface area (Å²) in [7, 11) is 6.31. The Kier molecular flexibility index (Phi) is 7.74. The van der Waals surface area contributed by atoms with Crippen molar-refractivity contribution >= 4 is 0 Å². The summed E-state index contributed by atoms with van der Waals surface area (Å²) in [5.41, 5.74) is 0. The zero-order valence-electron chi connectivity index (χ0n) is 9.12. The summed E-state index contributed by atoms with van der Waals surface area (Å²) >= 11 is 0. The van der Waals surface area contributed by atoms with Gasteiger partial charge in [0.2, 0.25) is 0 Å². The number of nitrogens with zero attached hydrogens (tertiary/aromatic N) is 2. The molecular formula is C10H22N2O. The molecule has 0 fully saturated rings. The van der Waals surface area contributed by atoms with Crippen molar-refractivity contribution in [3.8, 4) is 0 Å². The molecule has 0 atom stereocenters. The van der Waals surface area contributed by atoms with Crippen molar-refractivity contribution in [2.24, 2.45) is 0 Å². The van der Waals surface area contributed by atoms with Crippen LogP contribution >= 0.6 is 0 Å². The Labute approximate surface area is 82.0 Å². The Morgan fingerprint density at radius 3 is 2.38 bits per heavy atom. The lowest BCUT2D eigenvalue weighted by Crippen LogP contribution is -2.26. The molecule has 0 unspecified atom stereocenters. The van der Waals surface area contributed by atoms with Crippen LogP contribution in [0.15, 0.2) is 12.8 Å². The van der Waals surface area contributed by atoms with Crippen LogP contribution in [0.3, 0.4) is 0 Å². The van der Waals surface area contributed by atoms with Gasteiger partial charge in [0.25, 0.3) is 0 Å². The molecule has 0 rings (SSSR count). The molecule has 3 heteroatoms. The van der Waals surface area contributed by atoms with Gasteiger partial charge >= 0.3 is 0 Å². The largest absolute Gasteiger partial charge is 0.500 e. The number of hydrogen-bond donors (Lipinski definition) is 0. The second-order valence-electron chi connectivity index (χ2n) is 3.50. The van der Waals surface area contributed by atoms with Crippen LogP contribution in [0, 0.1) is 0 Å². The monoisotopic (exact) mass is 186 g/mol. The Bertz CT molecular complexity index is 126. The van der Waals surface area contributed by atoms with E-state index in [0.717, 1.165) is 26.2 Å². The SMILES string of the molecule is C=COCCN(C)CCCN(C)C. The fourth-order valence-electron chi connectivity index (χ4n) is 1.06. The van der Waals surface area contributed by atoms with Gasteiger partial charge in [0.1, 0.15) is 0 Å². The van der Waals surface area contributed by atoms with E-state index in [0.29, 0.717) is 0 Å². The number of ether oxygens (including phenoxy) is 1. The molecule has 0 aromatic heterocycles. The Balaban J connectivity index is 3.19. The maximum Gasteiger partial charge on any atom is 0.0999 e. The average molecular weight is 186 g/mol. The van der Waals surface area contributed by atoms with Gasteiger partial charge in [0, 0.05) is 6.54 Å². The highest BCUT2D eigenvalue weighted by Gasteiger charge is 1.97. The van der Waals surface area contributed by atoms with Crippen LogP contribution in [0.1, 0.15) is 6.42 Å². The van der Waals surface area contributed by atoms with Crippen molar-refractivity contribution in [1.29, 1.82) is 0 Å². The fourth-order valence-corrected chi connectivity index (χ4v) is 1.06. The molecule has 78 valence electrons. The van der Waals surface area contributed by atoms with E-state index in [1.165, 1.54) is 12.7 Å². The fraction of sp³-hybridized carbons (Fsp3) is 0.800. The maximum absolute atomic E-state index is 5.04. The number of likely N-dealkylation sites (N-methyl/N-ethyl adjacent to an activating group) is 1. The van der Waals surface area contributed by atoms with Gasteiger partial charge in [-0.3, -0.25) is 0 Å². The molecule has 0 aliphatic heterocycles. The molecule has 0 spiro atoms. The highest BCUT2D eigenvalue weighted by Crippen LogP contribution is 1.89. The van der Waals surface area contributed by atoms with Crippen LogP contribution in [0.4, 0.5) is 0 Å². The van der Waals surface area contributed by atoms with Crippen LogP contribution in [0.5, 0.6) is 0 Å². The minimum atomic E-state index is 0.738. The quantitative estimate of drug-likeness (QED) is 0.416. The van der Waals surface area contributed by atoms with E-state index in [2.05, 4.69) is 37.5 Å². The van der Waals surface area contributed by atoms with Gasteiger partial charge in [-0.15, -0.1) is 0 Å². The first-order valence-electron chi connectivity index (χ1n) is 4.72. The summed E-state index contributed by atoms with van der Waals surface area (Å²) < 4.78 is 5.04. The molecule has 0 aliphatic rings. The molecule has 3 nitrogen and oxygen atoms in total. The van der Waals surface area contributed by atoms with Gasteiger partial charge in [0.15, 0.2) is 0 Å². The van der Waals surface area contributed by atoms with Gasteiger partial charge in [0.05, 0.1) is 12.9 Å². The van der Waals surface area contributed by atoms with E-state index >= 15 is 0 Å². The molecular weight excluding hydrogens is 164 g/mol. The molecule has 0 aromatic rings. The Hall–Kier alpha value is -0.540. The van der Waals surface area contributed by atoms with Gasteiger partial charge in [-0.1, -0.05) is 6.58 Å². The first-order chi connectivity index (χ1) is 6.16. The smallest absolute Gasteiger partial charge is 0.0999 e. The van der Waals surface area contributed by atoms with Gasteiger partial charge in [-0.2, -0.15) is 0 Å². The minimum absolute atomic E-state index is 0.738. The average Bonchev–Trinajstić information content (AvgIpc) is 2.04. The molecule has 0 radical (unpaired) electrons. The Morgan fingerprint density at radius 2 is 1.85 bits per heavy atom. The lowest BCUT2D eigenvalue weighted by Gasteiger charge is -2.17. The van der Waals surface area contributed by atoms with Crippen LogP contribution in [0.25, 0.3) is 0 Å². The van der Waals surface area contributed by atoms with Gasteiger partial charge < -0.3 is 14.5 Å². The van der Waals surface area contributed by atoms with Crippen LogP contribution in [-0.2, 0) is 4.74 Å². The molecule has 0 amide bonds. The summed E-state index contributed by atoms with van der Waals surface area (Å²) in [6.07, 6.45) is 2.70. The van der Waals surface area contributed by atoms with Crippen molar-refractivity contribution in [2.45, 2.75) is 6.42 Å². The first-order valence-corrected chi connectivity index (χ1v) is 4.72. The van der Waals surface area contributed by atoms with E-state index < -0.39 is 0 Å². The third-order valence-corrected chi connectivity index (χ3v) is 1.85. The zero-order chi connectivity index (χ0) is 10.1. The summed E-state index contributed by atoms with van der Waals surface area (Å²) in [6.45, 7) is 7.47. The number of rotatable bonds is 8. The van der Waals surface area contributed by atoms with Gasteiger partial charge in [-0.05, 0) is 40.7 Å². The van der Waals surface area contributed by atoms with Crippen LogP contribution in [-0.4, -0.2) is 57.2 Å². The Morgan fingerprint density at radius 1 is 1.15 bits per heavy atom. The zero-order valence-corrected chi connectivity index (χ0v) is 9.12. The third kappa shape index (κ3) is 9.37. The highest BCUT2D eigenvalue weighted by atomic mass is 16.5. The van der Waals surface area contributed by atoms with E-state index in [1.807, 2.05) is 0 Å². The molecule has 0 bridgehead atoms. The molecule has 0 heterocycles. The van der Waals surface area contributed by atoms with Crippen molar-refractivity contribution in [3.63, 3.8) is 0 Å². The van der Waals surface area contributed by atoms with Crippen LogP contribution in [0.2, 0.25) is 0 Å². The van der Waals surface area contributed by atoms with Crippen molar-refractivity contribution in [2.75, 3.05) is 47.4 Å². The first kappa shape index (κ1) is 12.5. The van der Waals surface area contributed by atoms with Crippen molar-refractivity contribution in [3.05, 3.63) is 12.8 Å².